The Labute approximate surface area is 136 Å². The number of ether oxygens (including phenoxy) is 1. The quantitative estimate of drug-likeness (QED) is 0.809. The SMILES string of the molecule is CCNC1CCC(OCc2c(Br)c(CC)nn2CC)CC1. The lowest BCUT2D eigenvalue weighted by Crippen LogP contribution is -2.35. The molecule has 1 aliphatic carbocycles. The summed E-state index contributed by atoms with van der Waals surface area (Å²) in [4.78, 5) is 0. The van der Waals surface area contributed by atoms with Crippen LogP contribution >= 0.6 is 15.9 Å². The fourth-order valence-corrected chi connectivity index (χ4v) is 3.75. The number of nitrogens with zero attached hydrogens (tertiary/aromatic N) is 2. The van der Waals surface area contributed by atoms with E-state index in [1.54, 1.807) is 0 Å². The van der Waals surface area contributed by atoms with Crippen LogP contribution in [-0.4, -0.2) is 28.5 Å². The summed E-state index contributed by atoms with van der Waals surface area (Å²) in [6.07, 6.45) is 6.14. The minimum atomic E-state index is 0.400. The van der Waals surface area contributed by atoms with Gasteiger partial charge in [-0.1, -0.05) is 13.8 Å². The van der Waals surface area contributed by atoms with Crippen molar-refractivity contribution < 1.29 is 4.74 Å². The summed E-state index contributed by atoms with van der Waals surface area (Å²) in [7, 11) is 0. The van der Waals surface area contributed by atoms with Crippen molar-refractivity contribution in [1.29, 1.82) is 0 Å². The van der Waals surface area contributed by atoms with Crippen LogP contribution in [0.3, 0.4) is 0 Å². The first kappa shape index (κ1) is 17.0. The molecule has 1 aromatic rings. The Bertz CT molecular complexity index is 439. The van der Waals surface area contributed by atoms with Crippen LogP contribution in [0.5, 0.6) is 0 Å². The molecule has 4 nitrogen and oxygen atoms in total. The Morgan fingerprint density at radius 1 is 1.24 bits per heavy atom. The van der Waals surface area contributed by atoms with Crippen molar-refractivity contribution in [2.75, 3.05) is 6.54 Å². The van der Waals surface area contributed by atoms with Crippen molar-refractivity contribution in [3.63, 3.8) is 0 Å². The van der Waals surface area contributed by atoms with Crippen molar-refractivity contribution in [2.24, 2.45) is 0 Å². The monoisotopic (exact) mass is 357 g/mol. The first-order valence-electron chi connectivity index (χ1n) is 8.28. The lowest BCUT2D eigenvalue weighted by molar-refractivity contribution is 0.00808. The average molecular weight is 358 g/mol. The van der Waals surface area contributed by atoms with Crippen LogP contribution < -0.4 is 5.32 Å². The Kier molecular flexibility index (Phi) is 6.71. The summed E-state index contributed by atoms with van der Waals surface area (Å²) in [6.45, 7) is 9.07. The van der Waals surface area contributed by atoms with Crippen LogP contribution in [0.1, 0.15) is 57.8 Å². The van der Waals surface area contributed by atoms with Gasteiger partial charge in [0.2, 0.25) is 0 Å². The molecule has 0 saturated heterocycles. The zero-order valence-corrected chi connectivity index (χ0v) is 15.1. The molecule has 1 aromatic heterocycles. The average Bonchev–Trinajstić information content (AvgIpc) is 2.82. The molecule has 0 spiro atoms. The molecule has 0 bridgehead atoms. The number of hydrogen-bond acceptors (Lipinski definition) is 3. The number of rotatable bonds is 7. The first-order valence-corrected chi connectivity index (χ1v) is 9.07. The van der Waals surface area contributed by atoms with Gasteiger partial charge < -0.3 is 10.1 Å². The van der Waals surface area contributed by atoms with E-state index in [0.29, 0.717) is 18.8 Å². The number of halogens is 1. The maximum Gasteiger partial charge on any atom is 0.0900 e. The van der Waals surface area contributed by atoms with Crippen LogP contribution in [0, 0.1) is 0 Å². The number of hydrogen-bond donors (Lipinski definition) is 1. The highest BCUT2D eigenvalue weighted by Crippen LogP contribution is 2.26. The first-order chi connectivity index (χ1) is 10.2. The fraction of sp³-hybridized carbons (Fsp3) is 0.812. The Morgan fingerprint density at radius 2 is 1.95 bits per heavy atom. The third-order valence-corrected chi connectivity index (χ3v) is 5.23. The largest absolute Gasteiger partial charge is 0.372 e. The summed E-state index contributed by atoms with van der Waals surface area (Å²) >= 11 is 3.68. The molecule has 1 saturated carbocycles. The summed E-state index contributed by atoms with van der Waals surface area (Å²) in [5.41, 5.74) is 2.31. The van der Waals surface area contributed by atoms with E-state index in [9.17, 15) is 0 Å². The third kappa shape index (κ3) is 4.30. The van der Waals surface area contributed by atoms with Crippen molar-refractivity contribution in [2.45, 2.75) is 78.2 Å². The third-order valence-electron chi connectivity index (χ3n) is 4.32. The molecule has 0 amide bonds. The van der Waals surface area contributed by atoms with Gasteiger partial charge in [0.15, 0.2) is 0 Å². The van der Waals surface area contributed by atoms with Crippen molar-refractivity contribution >= 4 is 15.9 Å². The number of aryl methyl sites for hydroxylation is 2. The van der Waals surface area contributed by atoms with Crippen molar-refractivity contribution in [1.82, 2.24) is 15.1 Å². The highest BCUT2D eigenvalue weighted by molar-refractivity contribution is 9.10. The molecule has 0 aromatic carbocycles. The number of aromatic nitrogens is 2. The second kappa shape index (κ2) is 8.30. The summed E-state index contributed by atoms with van der Waals surface area (Å²) in [5, 5.41) is 8.17. The predicted molar refractivity (Wildman–Crippen MR) is 89.5 cm³/mol. The van der Waals surface area contributed by atoms with E-state index in [-0.39, 0.29) is 0 Å². The molecule has 5 heteroatoms. The van der Waals surface area contributed by atoms with Gasteiger partial charge in [-0.2, -0.15) is 5.10 Å². The normalized spacial score (nSPS) is 22.7. The van der Waals surface area contributed by atoms with E-state index in [1.807, 2.05) is 0 Å². The molecular weight excluding hydrogens is 330 g/mol. The highest BCUT2D eigenvalue weighted by atomic mass is 79.9. The van der Waals surface area contributed by atoms with Gasteiger partial charge in [0.25, 0.3) is 0 Å². The van der Waals surface area contributed by atoms with Gasteiger partial charge in [-0.25, -0.2) is 0 Å². The van der Waals surface area contributed by atoms with Gasteiger partial charge in [0.05, 0.1) is 28.6 Å². The smallest absolute Gasteiger partial charge is 0.0900 e. The lowest BCUT2D eigenvalue weighted by atomic mass is 9.93. The zero-order chi connectivity index (χ0) is 15.2. The van der Waals surface area contributed by atoms with E-state index in [0.717, 1.165) is 42.5 Å². The lowest BCUT2D eigenvalue weighted by Gasteiger charge is -2.29. The number of nitrogens with one attached hydrogen (secondary N) is 1. The molecule has 0 radical (unpaired) electrons. The molecule has 1 N–H and O–H groups in total. The van der Waals surface area contributed by atoms with Crippen molar-refractivity contribution in [3.8, 4) is 0 Å². The van der Waals surface area contributed by atoms with E-state index in [1.165, 1.54) is 18.5 Å². The maximum atomic E-state index is 6.16. The van der Waals surface area contributed by atoms with E-state index in [4.69, 9.17) is 4.74 Å². The molecular formula is C16H28BrN3O. The molecule has 1 aliphatic rings. The molecule has 1 fully saturated rings. The fourth-order valence-electron chi connectivity index (χ4n) is 3.07. The summed E-state index contributed by atoms with van der Waals surface area (Å²) in [6, 6.07) is 0.689. The topological polar surface area (TPSA) is 39.1 Å². The van der Waals surface area contributed by atoms with Crippen molar-refractivity contribution in [3.05, 3.63) is 15.9 Å². The van der Waals surface area contributed by atoms with Crippen LogP contribution in [0.15, 0.2) is 4.47 Å². The Hall–Kier alpha value is -0.390. The van der Waals surface area contributed by atoms with Gasteiger partial charge in [0, 0.05) is 12.6 Å². The zero-order valence-electron chi connectivity index (χ0n) is 13.5. The molecule has 0 unspecified atom stereocenters. The maximum absolute atomic E-state index is 6.16. The summed E-state index contributed by atoms with van der Waals surface area (Å²) < 4.78 is 9.35. The molecule has 1 heterocycles. The molecule has 120 valence electrons. The highest BCUT2D eigenvalue weighted by Gasteiger charge is 2.22. The van der Waals surface area contributed by atoms with E-state index >= 15 is 0 Å². The predicted octanol–water partition coefficient (Wildman–Crippen LogP) is 3.67. The Morgan fingerprint density at radius 3 is 2.52 bits per heavy atom. The molecule has 0 atom stereocenters. The van der Waals surface area contributed by atoms with Gasteiger partial charge in [-0.15, -0.1) is 0 Å². The Balaban J connectivity index is 1.88. The molecule has 2 rings (SSSR count). The van der Waals surface area contributed by atoms with Crippen LogP contribution in [0.25, 0.3) is 0 Å². The van der Waals surface area contributed by atoms with Crippen LogP contribution in [0.4, 0.5) is 0 Å². The standard InChI is InChI=1S/C16H28BrN3O/c1-4-14-16(17)15(20(6-3)19-14)11-21-13-9-7-12(8-10-13)18-5-2/h12-13,18H,4-11H2,1-3H3. The van der Waals surface area contributed by atoms with Crippen LogP contribution in [-0.2, 0) is 24.3 Å². The molecule has 21 heavy (non-hydrogen) atoms. The minimum absolute atomic E-state index is 0.400. The minimum Gasteiger partial charge on any atom is -0.372 e. The second-order valence-corrected chi connectivity index (χ2v) is 6.51. The van der Waals surface area contributed by atoms with E-state index < -0.39 is 0 Å². The van der Waals surface area contributed by atoms with Gasteiger partial charge in [0.1, 0.15) is 0 Å². The van der Waals surface area contributed by atoms with Gasteiger partial charge >= 0.3 is 0 Å². The second-order valence-electron chi connectivity index (χ2n) is 5.72. The summed E-state index contributed by atoms with van der Waals surface area (Å²) in [5.74, 6) is 0. The van der Waals surface area contributed by atoms with Crippen LogP contribution in [0.2, 0.25) is 0 Å². The van der Waals surface area contributed by atoms with E-state index in [2.05, 4.69) is 51.8 Å². The molecule has 0 aliphatic heterocycles. The van der Waals surface area contributed by atoms with Gasteiger partial charge in [-0.05, 0) is 61.5 Å². The van der Waals surface area contributed by atoms with Gasteiger partial charge in [-0.3, -0.25) is 4.68 Å².